The van der Waals surface area contributed by atoms with Crippen LogP contribution in [0.3, 0.4) is 0 Å². The first-order valence-corrected chi connectivity index (χ1v) is 5.61. The Balaban J connectivity index is 2.66. The van der Waals surface area contributed by atoms with Gasteiger partial charge in [-0.1, -0.05) is 48.0 Å². The molecule has 86 valence electrons. The van der Waals surface area contributed by atoms with Crippen LogP contribution in [0, 0.1) is 0 Å². The van der Waals surface area contributed by atoms with Crippen molar-refractivity contribution in [3.8, 4) is 0 Å². The molecule has 2 rings (SSSR count). The van der Waals surface area contributed by atoms with E-state index < -0.39 is 11.6 Å². The first-order chi connectivity index (χ1) is 8.02. The number of carbonyl (C=O) groups is 2. The van der Waals surface area contributed by atoms with Crippen LogP contribution in [0.25, 0.3) is 5.57 Å². The lowest BCUT2D eigenvalue weighted by Crippen LogP contribution is -2.21. The summed E-state index contributed by atoms with van der Waals surface area (Å²) < 4.78 is 0. The normalized spacial score (nSPS) is 14.9. The number of Topliss-reactive ketones (excluding diaryl/α,β-unsaturated/α-hetero) is 2. The van der Waals surface area contributed by atoms with Gasteiger partial charge < -0.3 is 0 Å². The highest BCUT2D eigenvalue weighted by Gasteiger charge is 2.31. The molecule has 3 heteroatoms. The fourth-order valence-corrected chi connectivity index (χ4v) is 2.15. The maximum absolute atomic E-state index is 11.8. The number of ketones is 2. The number of allylic oxidation sites excluding steroid dienone is 3. The molecule has 0 atom stereocenters. The first-order valence-electron chi connectivity index (χ1n) is 5.24. The lowest BCUT2D eigenvalue weighted by Gasteiger charge is -2.18. The molecule has 2 nitrogen and oxygen atoms in total. The van der Waals surface area contributed by atoms with Gasteiger partial charge in [-0.05, 0) is 24.5 Å². The van der Waals surface area contributed by atoms with Gasteiger partial charge in [-0.2, -0.15) is 0 Å². The van der Waals surface area contributed by atoms with Gasteiger partial charge in [0.1, 0.15) is 0 Å². The van der Waals surface area contributed by atoms with E-state index in [1.54, 1.807) is 18.2 Å². The van der Waals surface area contributed by atoms with Crippen molar-refractivity contribution in [3.05, 3.63) is 52.6 Å². The van der Waals surface area contributed by atoms with Crippen molar-refractivity contribution < 1.29 is 9.59 Å². The average molecular weight is 247 g/mol. The Kier molecular flexibility index (Phi) is 2.99. The molecule has 1 aliphatic carbocycles. The molecule has 0 aromatic heterocycles. The Bertz CT molecular complexity index is 567. The molecule has 0 N–H and O–H groups in total. The second-order valence-corrected chi connectivity index (χ2v) is 4.51. The van der Waals surface area contributed by atoms with Gasteiger partial charge in [0, 0.05) is 5.56 Å². The smallest absolute Gasteiger partial charge is 0.245 e. The monoisotopic (exact) mass is 246 g/mol. The quantitative estimate of drug-likeness (QED) is 0.592. The second kappa shape index (κ2) is 4.30. The molecule has 0 spiro atoms. The molecule has 0 bridgehead atoms. The minimum Gasteiger partial charge on any atom is -0.285 e. The molecule has 0 fully saturated rings. The summed E-state index contributed by atoms with van der Waals surface area (Å²) >= 11 is 5.97. The number of halogens is 1. The summed E-state index contributed by atoms with van der Waals surface area (Å²) in [5.41, 5.74) is 2.76. The molecule has 0 amide bonds. The van der Waals surface area contributed by atoms with Crippen LogP contribution in [-0.4, -0.2) is 11.6 Å². The standard InChI is InChI=1S/C14H11ClO2/c1-8(2)7-11-9-5-3-4-6-10(9)13(16)14(17)12(11)15/h3-6H,1,7H2,2H3. The van der Waals surface area contributed by atoms with Crippen LogP contribution in [0.2, 0.25) is 0 Å². The molecule has 0 heterocycles. The van der Waals surface area contributed by atoms with Crippen LogP contribution in [0.4, 0.5) is 0 Å². The highest BCUT2D eigenvalue weighted by Crippen LogP contribution is 2.34. The lowest BCUT2D eigenvalue weighted by molar-refractivity contribution is -0.111. The molecule has 0 saturated carbocycles. The lowest BCUT2D eigenvalue weighted by atomic mass is 9.86. The number of benzene rings is 1. The van der Waals surface area contributed by atoms with Crippen LogP contribution >= 0.6 is 11.6 Å². The van der Waals surface area contributed by atoms with Crippen molar-refractivity contribution in [1.82, 2.24) is 0 Å². The van der Waals surface area contributed by atoms with Crippen molar-refractivity contribution in [1.29, 1.82) is 0 Å². The van der Waals surface area contributed by atoms with Crippen LogP contribution in [0.5, 0.6) is 0 Å². The van der Waals surface area contributed by atoms with Crippen LogP contribution < -0.4 is 0 Å². The summed E-state index contributed by atoms with van der Waals surface area (Å²) in [6, 6.07) is 7.02. The third kappa shape index (κ3) is 1.96. The Morgan fingerprint density at radius 2 is 1.76 bits per heavy atom. The molecule has 1 aromatic carbocycles. The van der Waals surface area contributed by atoms with Crippen LogP contribution in [-0.2, 0) is 4.79 Å². The molecule has 0 unspecified atom stereocenters. The van der Waals surface area contributed by atoms with E-state index in [0.717, 1.165) is 11.1 Å². The van der Waals surface area contributed by atoms with Gasteiger partial charge in [-0.25, -0.2) is 0 Å². The zero-order valence-electron chi connectivity index (χ0n) is 9.42. The number of hydrogen-bond donors (Lipinski definition) is 0. The molecule has 0 saturated heterocycles. The maximum atomic E-state index is 11.8. The zero-order valence-corrected chi connectivity index (χ0v) is 10.2. The van der Waals surface area contributed by atoms with Crippen molar-refractivity contribution in [2.75, 3.05) is 0 Å². The fraction of sp³-hybridized carbons (Fsp3) is 0.143. The van der Waals surface area contributed by atoms with Gasteiger partial charge in [-0.15, -0.1) is 0 Å². The predicted molar refractivity (Wildman–Crippen MR) is 68.0 cm³/mol. The molecule has 0 radical (unpaired) electrons. The van der Waals surface area contributed by atoms with Crippen LogP contribution in [0.1, 0.15) is 29.3 Å². The van der Waals surface area contributed by atoms with Crippen LogP contribution in [0.15, 0.2) is 41.4 Å². The average Bonchev–Trinajstić information content (AvgIpc) is 2.31. The van der Waals surface area contributed by atoms with E-state index >= 15 is 0 Å². The summed E-state index contributed by atoms with van der Waals surface area (Å²) in [5.74, 6) is -1.15. The number of fused-ring (bicyclic) bond motifs is 1. The minimum absolute atomic E-state index is 0.0247. The number of carbonyl (C=O) groups excluding carboxylic acids is 2. The van der Waals surface area contributed by atoms with E-state index in [0.29, 0.717) is 17.6 Å². The maximum Gasteiger partial charge on any atom is 0.245 e. The van der Waals surface area contributed by atoms with Gasteiger partial charge in [0.25, 0.3) is 0 Å². The summed E-state index contributed by atoms with van der Waals surface area (Å²) in [6.07, 6.45) is 0.509. The summed E-state index contributed by atoms with van der Waals surface area (Å²) in [7, 11) is 0. The molecule has 1 aromatic rings. The van der Waals surface area contributed by atoms with E-state index in [2.05, 4.69) is 6.58 Å². The Labute approximate surface area is 105 Å². The topological polar surface area (TPSA) is 34.1 Å². The third-order valence-corrected chi connectivity index (χ3v) is 3.05. The van der Waals surface area contributed by atoms with Gasteiger partial charge in [0.05, 0.1) is 5.03 Å². The van der Waals surface area contributed by atoms with Gasteiger partial charge in [-0.3, -0.25) is 9.59 Å². The van der Waals surface area contributed by atoms with E-state index in [-0.39, 0.29) is 5.03 Å². The minimum atomic E-state index is -0.624. The van der Waals surface area contributed by atoms with Gasteiger partial charge in [0.15, 0.2) is 0 Å². The van der Waals surface area contributed by atoms with E-state index in [4.69, 9.17) is 11.6 Å². The van der Waals surface area contributed by atoms with Crippen molar-refractivity contribution >= 4 is 28.7 Å². The van der Waals surface area contributed by atoms with E-state index in [9.17, 15) is 9.59 Å². The Morgan fingerprint density at radius 1 is 1.18 bits per heavy atom. The Hall–Kier alpha value is -1.67. The number of rotatable bonds is 2. The molecule has 0 aliphatic heterocycles. The molecular formula is C14H11ClO2. The van der Waals surface area contributed by atoms with Crippen molar-refractivity contribution in [3.63, 3.8) is 0 Å². The van der Waals surface area contributed by atoms with Gasteiger partial charge >= 0.3 is 0 Å². The largest absolute Gasteiger partial charge is 0.285 e. The fourth-order valence-electron chi connectivity index (χ4n) is 1.90. The third-order valence-electron chi connectivity index (χ3n) is 2.65. The van der Waals surface area contributed by atoms with E-state index in [1.165, 1.54) is 0 Å². The van der Waals surface area contributed by atoms with E-state index in [1.807, 2.05) is 13.0 Å². The highest BCUT2D eigenvalue weighted by atomic mass is 35.5. The highest BCUT2D eigenvalue weighted by molar-refractivity contribution is 6.64. The SMILES string of the molecule is C=C(C)CC1=C(Cl)C(=O)C(=O)c2ccccc21. The Morgan fingerprint density at radius 3 is 2.35 bits per heavy atom. The predicted octanol–water partition coefficient (Wildman–Crippen LogP) is 3.37. The van der Waals surface area contributed by atoms with Crippen molar-refractivity contribution in [2.24, 2.45) is 0 Å². The molecular weight excluding hydrogens is 236 g/mol. The second-order valence-electron chi connectivity index (χ2n) is 4.13. The van der Waals surface area contributed by atoms with Gasteiger partial charge in [0.2, 0.25) is 11.6 Å². The summed E-state index contributed by atoms with van der Waals surface area (Å²) in [4.78, 5) is 23.5. The molecule has 17 heavy (non-hydrogen) atoms. The number of hydrogen-bond acceptors (Lipinski definition) is 2. The summed E-state index contributed by atoms with van der Waals surface area (Å²) in [5, 5.41) is 0.0247. The molecule has 1 aliphatic rings. The first kappa shape index (κ1) is 11.8. The zero-order chi connectivity index (χ0) is 12.6. The summed E-state index contributed by atoms with van der Waals surface area (Å²) in [6.45, 7) is 5.67. The van der Waals surface area contributed by atoms with Crippen molar-refractivity contribution in [2.45, 2.75) is 13.3 Å².